The first kappa shape index (κ1) is 14.2. The molecule has 8 heteroatoms. The normalized spacial score (nSPS) is 10.5. The second kappa shape index (κ2) is 5.90. The first-order chi connectivity index (χ1) is 10.6. The SMILES string of the molecule is O=C(Nc1cnc(-n2cccn2)nc1)c1ccc(F)cc1Cl. The smallest absolute Gasteiger partial charge is 0.257 e. The molecule has 0 atom stereocenters. The molecule has 1 aromatic carbocycles. The van der Waals surface area contributed by atoms with Crippen LogP contribution in [0.2, 0.25) is 5.02 Å². The van der Waals surface area contributed by atoms with E-state index < -0.39 is 11.7 Å². The zero-order chi connectivity index (χ0) is 15.5. The van der Waals surface area contributed by atoms with Gasteiger partial charge in [-0.3, -0.25) is 4.79 Å². The molecule has 0 aliphatic carbocycles. The van der Waals surface area contributed by atoms with Crippen molar-refractivity contribution in [3.8, 4) is 5.95 Å². The number of benzene rings is 1. The van der Waals surface area contributed by atoms with Crippen molar-refractivity contribution in [1.82, 2.24) is 19.7 Å². The summed E-state index contributed by atoms with van der Waals surface area (Å²) in [6.45, 7) is 0. The molecule has 0 saturated heterocycles. The van der Waals surface area contributed by atoms with Gasteiger partial charge < -0.3 is 5.32 Å². The molecule has 0 spiro atoms. The van der Waals surface area contributed by atoms with Crippen molar-refractivity contribution in [3.63, 3.8) is 0 Å². The molecule has 110 valence electrons. The fraction of sp³-hybridized carbons (Fsp3) is 0. The van der Waals surface area contributed by atoms with Gasteiger partial charge in [-0.05, 0) is 24.3 Å². The summed E-state index contributed by atoms with van der Waals surface area (Å²) in [4.78, 5) is 20.2. The fourth-order valence-electron chi connectivity index (χ4n) is 1.76. The van der Waals surface area contributed by atoms with Crippen LogP contribution in [0.1, 0.15) is 10.4 Å². The van der Waals surface area contributed by atoms with Crippen molar-refractivity contribution in [2.75, 3.05) is 5.32 Å². The molecule has 0 unspecified atom stereocenters. The molecule has 1 amide bonds. The predicted molar refractivity (Wildman–Crippen MR) is 78.5 cm³/mol. The monoisotopic (exact) mass is 317 g/mol. The van der Waals surface area contributed by atoms with Crippen LogP contribution >= 0.6 is 11.6 Å². The molecular weight excluding hydrogens is 309 g/mol. The van der Waals surface area contributed by atoms with Gasteiger partial charge in [0, 0.05) is 12.4 Å². The quantitative estimate of drug-likeness (QED) is 0.806. The molecular formula is C14H9ClFN5O. The molecule has 2 heterocycles. The van der Waals surface area contributed by atoms with E-state index in [9.17, 15) is 9.18 Å². The fourth-order valence-corrected chi connectivity index (χ4v) is 2.02. The number of nitrogens with one attached hydrogen (secondary N) is 1. The minimum Gasteiger partial charge on any atom is -0.319 e. The number of halogens is 2. The van der Waals surface area contributed by atoms with Gasteiger partial charge in [0.2, 0.25) is 0 Å². The summed E-state index contributed by atoms with van der Waals surface area (Å²) in [5.41, 5.74) is 0.556. The van der Waals surface area contributed by atoms with E-state index in [2.05, 4.69) is 20.4 Å². The van der Waals surface area contributed by atoms with Gasteiger partial charge in [0.1, 0.15) is 5.82 Å². The highest BCUT2D eigenvalue weighted by Gasteiger charge is 2.12. The largest absolute Gasteiger partial charge is 0.319 e. The van der Waals surface area contributed by atoms with Crippen LogP contribution in [0.5, 0.6) is 0 Å². The zero-order valence-electron chi connectivity index (χ0n) is 11.1. The van der Waals surface area contributed by atoms with Crippen molar-refractivity contribution < 1.29 is 9.18 Å². The first-order valence-corrected chi connectivity index (χ1v) is 6.60. The van der Waals surface area contributed by atoms with Gasteiger partial charge in [-0.15, -0.1) is 0 Å². The predicted octanol–water partition coefficient (Wildman–Crippen LogP) is 2.71. The van der Waals surface area contributed by atoms with E-state index in [1.807, 2.05) is 0 Å². The number of anilines is 1. The third-order valence-electron chi connectivity index (χ3n) is 2.78. The van der Waals surface area contributed by atoms with Gasteiger partial charge in [-0.1, -0.05) is 11.6 Å². The Morgan fingerprint density at radius 2 is 2.05 bits per heavy atom. The lowest BCUT2D eigenvalue weighted by atomic mass is 10.2. The van der Waals surface area contributed by atoms with E-state index in [-0.39, 0.29) is 10.6 Å². The van der Waals surface area contributed by atoms with Crippen LogP contribution in [0.4, 0.5) is 10.1 Å². The van der Waals surface area contributed by atoms with E-state index in [0.717, 1.165) is 12.1 Å². The summed E-state index contributed by atoms with van der Waals surface area (Å²) >= 11 is 5.84. The summed E-state index contributed by atoms with van der Waals surface area (Å²) in [6, 6.07) is 5.30. The van der Waals surface area contributed by atoms with Gasteiger partial charge >= 0.3 is 0 Å². The van der Waals surface area contributed by atoms with E-state index in [1.54, 1.807) is 18.5 Å². The second-order valence-corrected chi connectivity index (χ2v) is 4.71. The number of hydrogen-bond donors (Lipinski definition) is 1. The van der Waals surface area contributed by atoms with E-state index >= 15 is 0 Å². The number of aromatic nitrogens is 4. The average molecular weight is 318 g/mol. The maximum Gasteiger partial charge on any atom is 0.257 e. The number of amides is 1. The summed E-state index contributed by atoms with van der Waals surface area (Å²) in [5, 5.41) is 6.62. The number of nitrogens with zero attached hydrogens (tertiary/aromatic N) is 4. The first-order valence-electron chi connectivity index (χ1n) is 6.22. The Morgan fingerprint density at radius 1 is 1.27 bits per heavy atom. The van der Waals surface area contributed by atoms with Crippen molar-refractivity contribution in [2.24, 2.45) is 0 Å². The summed E-state index contributed by atoms with van der Waals surface area (Å²) < 4.78 is 14.5. The molecule has 0 saturated carbocycles. The van der Waals surface area contributed by atoms with Crippen molar-refractivity contribution in [2.45, 2.75) is 0 Å². The molecule has 3 aromatic rings. The number of carbonyl (C=O) groups excluding carboxylic acids is 1. The van der Waals surface area contributed by atoms with E-state index in [1.165, 1.54) is 23.1 Å². The average Bonchev–Trinajstić information content (AvgIpc) is 3.02. The molecule has 1 N–H and O–H groups in total. The summed E-state index contributed by atoms with van der Waals surface area (Å²) in [7, 11) is 0. The highest BCUT2D eigenvalue weighted by atomic mass is 35.5. The van der Waals surface area contributed by atoms with Gasteiger partial charge in [0.05, 0.1) is 28.7 Å². The van der Waals surface area contributed by atoms with Crippen LogP contribution in [-0.4, -0.2) is 25.7 Å². The lowest BCUT2D eigenvalue weighted by molar-refractivity contribution is 0.102. The Morgan fingerprint density at radius 3 is 2.68 bits per heavy atom. The minimum absolute atomic E-state index is 0.0339. The van der Waals surface area contributed by atoms with E-state index in [4.69, 9.17) is 11.6 Å². The van der Waals surface area contributed by atoms with E-state index in [0.29, 0.717) is 11.6 Å². The standard InChI is InChI=1S/C14H9ClFN5O/c15-12-6-9(16)2-3-11(12)13(22)20-10-7-17-14(18-8-10)21-5-1-4-19-21/h1-8H,(H,20,22). The lowest BCUT2D eigenvalue weighted by Gasteiger charge is -2.07. The maximum absolute atomic E-state index is 13.0. The van der Waals surface area contributed by atoms with Gasteiger partial charge in [-0.25, -0.2) is 19.0 Å². The third kappa shape index (κ3) is 2.94. The number of rotatable bonds is 3. The molecule has 0 aliphatic heterocycles. The molecule has 0 fully saturated rings. The van der Waals surface area contributed by atoms with Crippen molar-refractivity contribution in [1.29, 1.82) is 0 Å². The van der Waals surface area contributed by atoms with Crippen LogP contribution in [0, 0.1) is 5.82 Å². The Labute approximate surface area is 129 Å². The molecule has 0 radical (unpaired) electrons. The highest BCUT2D eigenvalue weighted by Crippen LogP contribution is 2.18. The number of carbonyl (C=O) groups is 1. The molecule has 2 aromatic heterocycles. The second-order valence-electron chi connectivity index (χ2n) is 4.30. The Kier molecular flexibility index (Phi) is 3.80. The topological polar surface area (TPSA) is 72.7 Å². The Hall–Kier alpha value is -2.80. The molecule has 22 heavy (non-hydrogen) atoms. The zero-order valence-corrected chi connectivity index (χ0v) is 11.8. The molecule has 6 nitrogen and oxygen atoms in total. The minimum atomic E-state index is -0.506. The summed E-state index contributed by atoms with van der Waals surface area (Å²) in [5.74, 6) is -0.600. The van der Waals surface area contributed by atoms with Gasteiger partial charge in [0.15, 0.2) is 0 Å². The lowest BCUT2D eigenvalue weighted by Crippen LogP contribution is -2.13. The third-order valence-corrected chi connectivity index (χ3v) is 3.09. The van der Waals surface area contributed by atoms with Gasteiger partial charge in [0.25, 0.3) is 11.9 Å². The van der Waals surface area contributed by atoms with Crippen LogP contribution in [0.3, 0.4) is 0 Å². The van der Waals surface area contributed by atoms with Crippen LogP contribution in [-0.2, 0) is 0 Å². The van der Waals surface area contributed by atoms with Crippen LogP contribution < -0.4 is 5.32 Å². The summed E-state index contributed by atoms with van der Waals surface area (Å²) in [6.07, 6.45) is 6.19. The Balaban J connectivity index is 1.77. The van der Waals surface area contributed by atoms with Crippen LogP contribution in [0.25, 0.3) is 5.95 Å². The molecule has 0 bridgehead atoms. The van der Waals surface area contributed by atoms with Crippen molar-refractivity contribution >= 4 is 23.2 Å². The molecule has 0 aliphatic rings. The van der Waals surface area contributed by atoms with Gasteiger partial charge in [-0.2, -0.15) is 5.10 Å². The Bertz CT molecular complexity index is 805. The van der Waals surface area contributed by atoms with Crippen LogP contribution in [0.15, 0.2) is 49.1 Å². The number of hydrogen-bond acceptors (Lipinski definition) is 4. The van der Waals surface area contributed by atoms with Crippen molar-refractivity contribution in [3.05, 3.63) is 65.5 Å². The highest BCUT2D eigenvalue weighted by molar-refractivity contribution is 6.34. The maximum atomic E-state index is 13.0. The molecule has 3 rings (SSSR count).